The Bertz CT molecular complexity index is 655. The molecule has 0 fully saturated rings. The Hall–Kier alpha value is -2.04. The van der Waals surface area contributed by atoms with Crippen LogP contribution in [0.5, 0.6) is 5.75 Å². The molecular weight excluding hydrogens is 302 g/mol. The lowest BCUT2D eigenvalue weighted by atomic mass is 10.1. The average Bonchev–Trinajstić information content (AvgIpc) is 2.52. The van der Waals surface area contributed by atoms with E-state index in [-0.39, 0.29) is 12.5 Å². The van der Waals surface area contributed by atoms with Gasteiger partial charge in [-0.05, 0) is 48.4 Å². The van der Waals surface area contributed by atoms with E-state index >= 15 is 0 Å². The molecule has 0 radical (unpaired) electrons. The first-order valence-corrected chi connectivity index (χ1v) is 7.25. The number of rotatable bonds is 5. The highest BCUT2D eigenvalue weighted by molar-refractivity contribution is 6.30. The number of hydrogen-bond acceptors (Lipinski definition) is 3. The lowest BCUT2D eigenvalue weighted by Gasteiger charge is -2.13. The molecule has 0 aliphatic heterocycles. The lowest BCUT2D eigenvalue weighted by Crippen LogP contribution is -2.28. The first-order chi connectivity index (χ1) is 10.5. The van der Waals surface area contributed by atoms with E-state index in [4.69, 9.17) is 16.3 Å². The first-order valence-electron chi connectivity index (χ1n) is 6.87. The molecule has 0 aliphatic rings. The van der Waals surface area contributed by atoms with Crippen molar-refractivity contribution in [3.8, 4) is 5.75 Å². The van der Waals surface area contributed by atoms with E-state index in [0.717, 1.165) is 5.56 Å². The summed E-state index contributed by atoms with van der Waals surface area (Å²) in [5.41, 5.74) is 2.08. The van der Waals surface area contributed by atoms with Gasteiger partial charge in [-0.15, -0.1) is 0 Å². The van der Waals surface area contributed by atoms with Crippen LogP contribution in [-0.2, 0) is 0 Å². The number of amides is 1. The molecule has 22 heavy (non-hydrogen) atoms. The minimum atomic E-state index is -0.778. The van der Waals surface area contributed by atoms with Crippen LogP contribution in [0.25, 0.3) is 0 Å². The van der Waals surface area contributed by atoms with Crippen molar-refractivity contribution in [1.29, 1.82) is 0 Å². The molecule has 2 aromatic rings. The molecule has 2 N–H and O–H groups in total. The molecule has 0 bridgehead atoms. The third kappa shape index (κ3) is 4.00. The van der Waals surface area contributed by atoms with Crippen LogP contribution in [0.3, 0.4) is 0 Å². The highest BCUT2D eigenvalue weighted by Gasteiger charge is 2.13. The van der Waals surface area contributed by atoms with Crippen LogP contribution in [0.4, 0.5) is 0 Å². The summed E-state index contributed by atoms with van der Waals surface area (Å²) in [6, 6.07) is 12.1. The van der Waals surface area contributed by atoms with E-state index in [1.807, 2.05) is 6.92 Å². The van der Waals surface area contributed by atoms with Gasteiger partial charge >= 0.3 is 0 Å². The summed E-state index contributed by atoms with van der Waals surface area (Å²) in [5, 5.41) is 13.4. The third-order valence-electron chi connectivity index (χ3n) is 3.39. The second-order valence-corrected chi connectivity index (χ2v) is 5.39. The molecule has 2 aromatic carbocycles. The molecule has 0 heterocycles. The maximum absolute atomic E-state index is 12.2. The molecule has 1 atom stereocenters. The maximum Gasteiger partial charge on any atom is 0.251 e. The average molecular weight is 320 g/mol. The maximum atomic E-state index is 12.2. The Morgan fingerprint density at radius 1 is 1.27 bits per heavy atom. The summed E-state index contributed by atoms with van der Waals surface area (Å²) in [6.07, 6.45) is -0.778. The van der Waals surface area contributed by atoms with E-state index in [0.29, 0.717) is 21.9 Å². The third-order valence-corrected chi connectivity index (χ3v) is 3.64. The van der Waals surface area contributed by atoms with Gasteiger partial charge in [-0.3, -0.25) is 4.79 Å². The van der Waals surface area contributed by atoms with Crippen molar-refractivity contribution in [2.24, 2.45) is 0 Å². The van der Waals surface area contributed by atoms with Gasteiger partial charge in [-0.25, -0.2) is 0 Å². The quantitative estimate of drug-likeness (QED) is 0.890. The Labute approximate surface area is 134 Å². The predicted molar refractivity (Wildman–Crippen MR) is 86.5 cm³/mol. The number of carbonyl (C=O) groups is 1. The monoisotopic (exact) mass is 319 g/mol. The second kappa shape index (κ2) is 7.29. The summed E-state index contributed by atoms with van der Waals surface area (Å²) in [5.74, 6) is 0.475. The molecule has 5 heteroatoms. The molecular formula is C17H18ClNO3. The number of carbonyl (C=O) groups excluding carboxylic acids is 1. The fourth-order valence-corrected chi connectivity index (χ4v) is 2.23. The van der Waals surface area contributed by atoms with Gasteiger partial charge in [0.1, 0.15) is 5.75 Å². The van der Waals surface area contributed by atoms with Crippen LogP contribution in [0.1, 0.15) is 27.6 Å². The Kier molecular flexibility index (Phi) is 5.41. The van der Waals surface area contributed by atoms with E-state index in [2.05, 4.69) is 5.32 Å². The number of ether oxygens (including phenoxy) is 1. The van der Waals surface area contributed by atoms with Crippen LogP contribution in [0.2, 0.25) is 5.02 Å². The van der Waals surface area contributed by atoms with Crippen molar-refractivity contribution in [2.45, 2.75) is 13.0 Å². The molecule has 1 amide bonds. The molecule has 0 spiro atoms. The van der Waals surface area contributed by atoms with Gasteiger partial charge in [0.2, 0.25) is 0 Å². The van der Waals surface area contributed by atoms with Gasteiger partial charge in [-0.2, -0.15) is 0 Å². The van der Waals surface area contributed by atoms with E-state index in [9.17, 15) is 9.90 Å². The van der Waals surface area contributed by atoms with Crippen molar-refractivity contribution in [2.75, 3.05) is 13.7 Å². The normalized spacial score (nSPS) is 11.8. The summed E-state index contributed by atoms with van der Waals surface area (Å²) in [7, 11) is 1.58. The fourth-order valence-electron chi connectivity index (χ4n) is 2.11. The van der Waals surface area contributed by atoms with Crippen LogP contribution in [0.15, 0.2) is 42.5 Å². The van der Waals surface area contributed by atoms with Crippen molar-refractivity contribution in [3.05, 3.63) is 64.2 Å². The van der Waals surface area contributed by atoms with Gasteiger partial charge in [0.25, 0.3) is 5.91 Å². The highest BCUT2D eigenvalue weighted by atomic mass is 35.5. The highest BCUT2D eigenvalue weighted by Crippen LogP contribution is 2.18. The van der Waals surface area contributed by atoms with Crippen LogP contribution >= 0.6 is 11.6 Å². The summed E-state index contributed by atoms with van der Waals surface area (Å²) in [4.78, 5) is 12.2. The van der Waals surface area contributed by atoms with E-state index in [1.165, 1.54) is 0 Å². The zero-order valence-corrected chi connectivity index (χ0v) is 13.2. The van der Waals surface area contributed by atoms with Gasteiger partial charge in [0, 0.05) is 17.1 Å². The SMILES string of the molecule is COc1ccc(C(=O)NCC(O)c2ccc(Cl)cc2)c(C)c1. The van der Waals surface area contributed by atoms with E-state index < -0.39 is 6.10 Å². The number of nitrogens with one attached hydrogen (secondary N) is 1. The summed E-state index contributed by atoms with van der Waals surface area (Å²) >= 11 is 5.80. The lowest BCUT2D eigenvalue weighted by molar-refractivity contribution is 0.0915. The second-order valence-electron chi connectivity index (χ2n) is 4.96. The zero-order chi connectivity index (χ0) is 16.1. The number of hydrogen-bond donors (Lipinski definition) is 2. The van der Waals surface area contributed by atoms with Crippen molar-refractivity contribution < 1.29 is 14.6 Å². The van der Waals surface area contributed by atoms with Crippen LogP contribution in [-0.4, -0.2) is 24.7 Å². The predicted octanol–water partition coefficient (Wildman–Crippen LogP) is 3.12. The van der Waals surface area contributed by atoms with Gasteiger partial charge in [-0.1, -0.05) is 23.7 Å². The van der Waals surface area contributed by atoms with Crippen LogP contribution < -0.4 is 10.1 Å². The Morgan fingerprint density at radius 2 is 1.95 bits per heavy atom. The molecule has 4 nitrogen and oxygen atoms in total. The van der Waals surface area contributed by atoms with Crippen molar-refractivity contribution >= 4 is 17.5 Å². The molecule has 0 aromatic heterocycles. The molecule has 116 valence electrons. The van der Waals surface area contributed by atoms with Crippen molar-refractivity contribution in [3.63, 3.8) is 0 Å². The Balaban J connectivity index is 1.99. The number of benzene rings is 2. The Morgan fingerprint density at radius 3 is 2.55 bits per heavy atom. The number of aliphatic hydroxyl groups is 1. The minimum Gasteiger partial charge on any atom is -0.497 e. The summed E-state index contributed by atoms with van der Waals surface area (Å²) in [6.45, 7) is 1.97. The van der Waals surface area contributed by atoms with E-state index in [1.54, 1.807) is 49.6 Å². The number of halogens is 1. The molecule has 0 aliphatic carbocycles. The smallest absolute Gasteiger partial charge is 0.251 e. The largest absolute Gasteiger partial charge is 0.497 e. The van der Waals surface area contributed by atoms with Gasteiger partial charge < -0.3 is 15.2 Å². The van der Waals surface area contributed by atoms with Gasteiger partial charge in [0.15, 0.2) is 0 Å². The molecule has 2 rings (SSSR count). The number of aliphatic hydroxyl groups excluding tert-OH is 1. The molecule has 1 unspecified atom stereocenters. The van der Waals surface area contributed by atoms with Crippen molar-refractivity contribution in [1.82, 2.24) is 5.32 Å². The first kappa shape index (κ1) is 16.3. The standard InChI is InChI=1S/C17H18ClNO3/c1-11-9-14(22-2)7-8-15(11)17(21)19-10-16(20)12-3-5-13(18)6-4-12/h3-9,16,20H,10H2,1-2H3,(H,19,21). The minimum absolute atomic E-state index is 0.131. The molecule has 0 saturated heterocycles. The fraction of sp³-hybridized carbons (Fsp3) is 0.235. The zero-order valence-electron chi connectivity index (χ0n) is 12.5. The molecule has 0 saturated carbocycles. The summed E-state index contributed by atoms with van der Waals surface area (Å²) < 4.78 is 5.11. The van der Waals surface area contributed by atoms with Gasteiger partial charge in [0.05, 0.1) is 13.2 Å². The number of aryl methyl sites for hydroxylation is 1. The van der Waals surface area contributed by atoms with Crippen LogP contribution in [0, 0.1) is 6.92 Å². The topological polar surface area (TPSA) is 58.6 Å². The number of methoxy groups -OCH3 is 1.